The molecule has 2 aliphatic carbocycles. The minimum atomic E-state index is -4.98. The molecule has 2 aromatic carbocycles. The third-order valence-electron chi connectivity index (χ3n) is 9.62. The second-order valence-electron chi connectivity index (χ2n) is 12.2. The Bertz CT molecular complexity index is 1360. The Morgan fingerprint density at radius 3 is 2.11 bits per heavy atom. The number of carbonyl (C=O) groups is 1. The molecule has 2 heterocycles. The van der Waals surface area contributed by atoms with Crippen molar-refractivity contribution >= 4 is 18.3 Å². The van der Waals surface area contributed by atoms with Crippen LogP contribution in [-0.4, -0.2) is 41.1 Å². The van der Waals surface area contributed by atoms with Gasteiger partial charge >= 0.3 is 12.4 Å². The summed E-state index contributed by atoms with van der Waals surface area (Å²) in [7, 11) is 0. The van der Waals surface area contributed by atoms with E-state index in [4.69, 9.17) is 0 Å². The molecule has 0 bridgehead atoms. The number of piperidine rings is 1. The van der Waals surface area contributed by atoms with Crippen molar-refractivity contribution < 1.29 is 35.5 Å². The fourth-order valence-corrected chi connectivity index (χ4v) is 7.26. The number of carbonyl (C=O) groups excluding carboxylic acids is 1. The smallest absolute Gasteiger partial charge is 0.352 e. The number of hydrogen-bond acceptors (Lipinski definition) is 7. The molecule has 3 N–H and O–H groups in total. The van der Waals surface area contributed by atoms with Gasteiger partial charge in [0.2, 0.25) is 5.91 Å². The fraction of sp³-hybridized carbons (Fsp3) is 0.552. The zero-order valence-electron chi connectivity index (χ0n) is 24.0. The second kappa shape index (κ2) is 12.6. The zero-order valence-corrected chi connectivity index (χ0v) is 24.8. The van der Waals surface area contributed by atoms with E-state index in [2.05, 4.69) is 31.7 Å². The van der Waals surface area contributed by atoms with Crippen molar-refractivity contribution in [2.75, 3.05) is 13.1 Å². The highest BCUT2D eigenvalue weighted by atomic mass is 35.5. The summed E-state index contributed by atoms with van der Waals surface area (Å²) in [6.07, 6.45) is -5.77. The molecule has 8 nitrogen and oxygen atoms in total. The number of nitrogens with zero attached hydrogens (tertiary/aromatic N) is 4. The lowest BCUT2D eigenvalue weighted by Gasteiger charge is -2.37. The van der Waals surface area contributed by atoms with Gasteiger partial charge in [0, 0.05) is 12.6 Å². The summed E-state index contributed by atoms with van der Waals surface area (Å²) < 4.78 is 93.8. The summed E-state index contributed by atoms with van der Waals surface area (Å²) in [5, 5.41) is 11.7. The first-order chi connectivity index (χ1) is 20.8. The van der Waals surface area contributed by atoms with E-state index in [9.17, 15) is 35.5 Å². The predicted octanol–water partition coefficient (Wildman–Crippen LogP) is 6.32. The van der Waals surface area contributed by atoms with Crippen LogP contribution in [0.15, 0.2) is 52.9 Å². The van der Waals surface area contributed by atoms with Gasteiger partial charge in [-0.3, -0.25) is 4.79 Å². The third-order valence-corrected chi connectivity index (χ3v) is 9.62. The quantitative estimate of drug-likeness (QED) is 0.302. The van der Waals surface area contributed by atoms with E-state index in [-0.39, 0.29) is 53.8 Å². The van der Waals surface area contributed by atoms with Gasteiger partial charge in [-0.25, -0.2) is 15.5 Å². The Balaban J connectivity index is 0.00000400. The molecule has 0 radical (unpaired) electrons. The molecule has 3 fully saturated rings. The van der Waals surface area contributed by atoms with Crippen LogP contribution in [0, 0.1) is 17.2 Å². The van der Waals surface area contributed by atoms with E-state index in [1.54, 1.807) is 5.12 Å². The molecular formula is C29H33ClF7N7O. The van der Waals surface area contributed by atoms with Crippen molar-refractivity contribution in [2.24, 2.45) is 21.8 Å². The first kappa shape index (κ1) is 33.2. The van der Waals surface area contributed by atoms with E-state index < -0.39 is 35.4 Å². The first-order valence-electron chi connectivity index (χ1n) is 14.6. The van der Waals surface area contributed by atoms with Gasteiger partial charge in [0.1, 0.15) is 5.82 Å². The number of hydrogen-bond donors (Lipinski definition) is 3. The predicted molar refractivity (Wildman–Crippen MR) is 150 cm³/mol. The first-order valence-corrected chi connectivity index (χ1v) is 14.6. The molecule has 6 rings (SSSR count). The number of rotatable bonds is 7. The lowest BCUT2D eigenvalue weighted by molar-refractivity contribution is -0.143. The van der Waals surface area contributed by atoms with Crippen LogP contribution in [0.2, 0.25) is 0 Å². The van der Waals surface area contributed by atoms with Crippen molar-refractivity contribution in [3.8, 4) is 0 Å². The molecule has 1 saturated heterocycles. The van der Waals surface area contributed by atoms with Crippen LogP contribution in [0.3, 0.4) is 0 Å². The van der Waals surface area contributed by atoms with Gasteiger partial charge in [-0.05, 0) is 115 Å². The van der Waals surface area contributed by atoms with Crippen molar-refractivity contribution in [3.05, 3.63) is 70.5 Å². The maximum Gasteiger partial charge on any atom is 0.416 e. The Hall–Kier alpha value is -3.17. The van der Waals surface area contributed by atoms with Crippen LogP contribution < -0.4 is 16.4 Å². The van der Waals surface area contributed by atoms with Crippen LogP contribution in [0.1, 0.15) is 66.7 Å². The number of likely N-dealkylation sites (tertiary alicyclic amines) is 1. The Morgan fingerprint density at radius 2 is 1.53 bits per heavy atom. The topological polar surface area (TPSA) is 84.4 Å². The molecule has 4 atom stereocenters. The number of alkyl halides is 6. The SMILES string of the molecule is Cl.O=C(NCc1cc(C(F)(F)F)cc(C(F)(F)F)c1)C1(C2CC2N2NN=NN2)CCC(N2CCC(c3ccc(F)cc3)CC2)C1. The second-order valence-corrected chi connectivity index (χ2v) is 12.2. The Kier molecular flexibility index (Phi) is 9.26. The summed E-state index contributed by atoms with van der Waals surface area (Å²) in [5.41, 5.74) is 2.56. The maximum atomic E-state index is 13.9. The molecule has 2 aromatic rings. The Morgan fingerprint density at radius 1 is 0.933 bits per heavy atom. The largest absolute Gasteiger partial charge is 0.416 e. The molecule has 0 aromatic heterocycles. The van der Waals surface area contributed by atoms with Gasteiger partial charge in [-0.2, -0.15) is 26.3 Å². The summed E-state index contributed by atoms with van der Waals surface area (Å²) >= 11 is 0. The summed E-state index contributed by atoms with van der Waals surface area (Å²) in [4.78, 5) is 16.3. The summed E-state index contributed by atoms with van der Waals surface area (Å²) in [6.45, 7) is 1.13. The van der Waals surface area contributed by atoms with E-state index in [0.29, 0.717) is 37.3 Å². The molecule has 4 unspecified atom stereocenters. The minimum absolute atomic E-state index is 0. The normalized spacial score (nSPS) is 27.5. The molecule has 16 heteroatoms. The zero-order chi connectivity index (χ0) is 31.3. The van der Waals surface area contributed by atoms with Crippen LogP contribution in [0.4, 0.5) is 30.7 Å². The van der Waals surface area contributed by atoms with E-state index in [1.807, 2.05) is 12.1 Å². The molecule has 2 saturated carbocycles. The molecule has 246 valence electrons. The standard InChI is InChI=1S/C29H32F7N7O.ClH/c30-22-3-1-18(2-4-22)19-6-9-42(10-7-19)23-5-8-27(15-23,24-14-25(24)43-40-38-39-41-43)26(44)37-16-17-11-20(28(31,32)33)13-21(12-17)29(34,35)36;/h1-4,11-13,19,23-25H,5-10,14-16H2,(H,37,44)(H,38,41)(H,39,40);1H. The number of hydrazine groups is 2. The lowest BCUT2D eigenvalue weighted by atomic mass is 9.78. The maximum absolute atomic E-state index is 13.9. The minimum Gasteiger partial charge on any atom is -0.352 e. The average molecular weight is 664 g/mol. The van der Waals surface area contributed by atoms with Crippen LogP contribution >= 0.6 is 12.4 Å². The van der Waals surface area contributed by atoms with Crippen LogP contribution in [0.25, 0.3) is 0 Å². The van der Waals surface area contributed by atoms with Gasteiger partial charge in [0.25, 0.3) is 0 Å². The lowest BCUT2D eigenvalue weighted by Crippen LogP contribution is -2.47. The van der Waals surface area contributed by atoms with Crippen LogP contribution in [-0.2, 0) is 23.7 Å². The van der Waals surface area contributed by atoms with Gasteiger partial charge < -0.3 is 10.2 Å². The highest BCUT2D eigenvalue weighted by Crippen LogP contribution is 2.57. The van der Waals surface area contributed by atoms with E-state index in [0.717, 1.165) is 37.9 Å². The van der Waals surface area contributed by atoms with E-state index >= 15 is 0 Å². The monoisotopic (exact) mass is 663 g/mol. The highest BCUT2D eigenvalue weighted by molar-refractivity contribution is 5.85. The number of amides is 1. The summed E-state index contributed by atoms with van der Waals surface area (Å²) in [6, 6.07) is 7.90. The molecule has 2 aliphatic heterocycles. The molecule has 45 heavy (non-hydrogen) atoms. The highest BCUT2D eigenvalue weighted by Gasteiger charge is 2.62. The third kappa shape index (κ3) is 6.99. The molecule has 1 amide bonds. The number of benzene rings is 2. The van der Waals surface area contributed by atoms with Gasteiger partial charge in [0.15, 0.2) is 0 Å². The van der Waals surface area contributed by atoms with Crippen molar-refractivity contribution in [1.82, 2.24) is 26.4 Å². The van der Waals surface area contributed by atoms with Crippen LogP contribution in [0.5, 0.6) is 0 Å². The van der Waals surface area contributed by atoms with Crippen molar-refractivity contribution in [2.45, 2.75) is 75.4 Å². The van der Waals surface area contributed by atoms with Gasteiger partial charge in [0.05, 0.1) is 22.6 Å². The fourth-order valence-electron chi connectivity index (χ4n) is 7.26. The van der Waals surface area contributed by atoms with E-state index in [1.165, 1.54) is 12.1 Å². The average Bonchev–Trinajstić information content (AvgIpc) is 3.38. The van der Waals surface area contributed by atoms with Gasteiger partial charge in [-0.1, -0.05) is 17.3 Å². The number of nitrogens with one attached hydrogen (secondary N) is 3. The van der Waals surface area contributed by atoms with Crippen molar-refractivity contribution in [3.63, 3.8) is 0 Å². The molecule has 0 spiro atoms. The molecule has 4 aliphatic rings. The molecular weight excluding hydrogens is 631 g/mol. The number of halogens is 8. The Labute approximate surface area is 261 Å². The van der Waals surface area contributed by atoms with Crippen molar-refractivity contribution in [1.29, 1.82) is 0 Å². The van der Waals surface area contributed by atoms with Gasteiger partial charge in [-0.15, -0.1) is 12.4 Å². The summed E-state index contributed by atoms with van der Waals surface area (Å²) in [5.74, 6) is -0.476.